The van der Waals surface area contributed by atoms with Crippen LogP contribution in [0.4, 0.5) is 5.82 Å². The van der Waals surface area contributed by atoms with E-state index in [0.717, 1.165) is 5.82 Å². The number of hydrogen-bond donors (Lipinski definition) is 1. The average molecular weight is 275 g/mol. The molecule has 0 unspecified atom stereocenters. The molecule has 20 heavy (non-hydrogen) atoms. The van der Waals surface area contributed by atoms with Crippen LogP contribution in [0.25, 0.3) is 0 Å². The third kappa shape index (κ3) is 2.36. The number of rotatable bonds is 2. The molecule has 1 heterocycles. The van der Waals surface area contributed by atoms with Crippen LogP contribution in [-0.4, -0.2) is 9.55 Å². The predicted molar refractivity (Wildman–Crippen MR) is 84.1 cm³/mol. The van der Waals surface area contributed by atoms with Gasteiger partial charge in [-0.25, -0.2) is 4.98 Å². The predicted octanol–water partition coefficient (Wildman–Crippen LogP) is 4.54. The first-order chi connectivity index (χ1) is 9.48. The highest BCUT2D eigenvalue weighted by Crippen LogP contribution is 2.42. The van der Waals surface area contributed by atoms with Crippen molar-refractivity contribution in [1.82, 2.24) is 9.55 Å². The van der Waals surface area contributed by atoms with Crippen molar-refractivity contribution < 1.29 is 0 Å². The number of imidazole rings is 1. The van der Waals surface area contributed by atoms with Crippen LogP contribution in [-0.2, 0) is 5.54 Å². The van der Waals surface area contributed by atoms with Crippen LogP contribution >= 0.6 is 0 Å². The second kappa shape index (κ2) is 5.09. The summed E-state index contributed by atoms with van der Waals surface area (Å²) in [5, 5.41) is 0. The molecule has 3 heteroatoms. The first-order valence-corrected chi connectivity index (χ1v) is 8.37. The van der Waals surface area contributed by atoms with Crippen LogP contribution in [0.1, 0.15) is 95.5 Å². The Morgan fingerprint density at radius 1 is 0.950 bits per heavy atom. The molecule has 2 N–H and O–H groups in total. The maximum absolute atomic E-state index is 6.54. The van der Waals surface area contributed by atoms with Gasteiger partial charge < -0.3 is 10.3 Å². The molecule has 1 aromatic rings. The first kappa shape index (κ1) is 14.0. The van der Waals surface area contributed by atoms with Gasteiger partial charge in [0.2, 0.25) is 0 Å². The molecule has 0 radical (unpaired) electrons. The minimum atomic E-state index is 0.0336. The molecule has 0 saturated heterocycles. The maximum Gasteiger partial charge on any atom is 0.127 e. The molecular weight excluding hydrogens is 246 g/mol. The summed E-state index contributed by atoms with van der Waals surface area (Å²) < 4.78 is 2.34. The number of anilines is 1. The smallest absolute Gasteiger partial charge is 0.127 e. The summed E-state index contributed by atoms with van der Waals surface area (Å²) in [7, 11) is 0. The topological polar surface area (TPSA) is 43.8 Å². The quantitative estimate of drug-likeness (QED) is 0.861. The van der Waals surface area contributed by atoms with Crippen molar-refractivity contribution in [2.75, 3.05) is 5.73 Å². The summed E-state index contributed by atoms with van der Waals surface area (Å²) in [4.78, 5) is 5.08. The summed E-state index contributed by atoms with van der Waals surface area (Å²) in [6.45, 7) is 6.76. The summed E-state index contributed by atoms with van der Waals surface area (Å²) in [5.74, 6) is 3.46. The van der Waals surface area contributed by atoms with Gasteiger partial charge in [0.25, 0.3) is 0 Å². The van der Waals surface area contributed by atoms with Crippen molar-refractivity contribution in [3.05, 3.63) is 11.5 Å². The second-order valence-electron chi connectivity index (χ2n) is 7.71. The van der Waals surface area contributed by atoms with Crippen molar-refractivity contribution in [2.24, 2.45) is 0 Å². The molecule has 3 nitrogen and oxygen atoms in total. The number of nitrogen functional groups attached to an aromatic ring is 1. The van der Waals surface area contributed by atoms with E-state index in [1.807, 2.05) is 0 Å². The SMILES string of the molecule is CC(C)(C)n1c(C2CCCC2)nc(C2CCCC2)c1N. The van der Waals surface area contributed by atoms with E-state index in [4.69, 9.17) is 10.7 Å². The van der Waals surface area contributed by atoms with E-state index in [0.29, 0.717) is 11.8 Å². The zero-order valence-corrected chi connectivity index (χ0v) is 13.3. The molecule has 0 aliphatic heterocycles. The molecule has 2 fully saturated rings. The first-order valence-electron chi connectivity index (χ1n) is 8.37. The number of nitrogens with two attached hydrogens (primary N) is 1. The van der Waals surface area contributed by atoms with Crippen molar-refractivity contribution in [2.45, 2.75) is 89.5 Å². The number of aromatic nitrogens is 2. The highest BCUT2D eigenvalue weighted by atomic mass is 15.2. The van der Waals surface area contributed by atoms with Gasteiger partial charge in [-0.2, -0.15) is 0 Å². The highest BCUT2D eigenvalue weighted by molar-refractivity contribution is 5.43. The van der Waals surface area contributed by atoms with Gasteiger partial charge in [0, 0.05) is 17.4 Å². The fraction of sp³-hybridized carbons (Fsp3) is 0.824. The monoisotopic (exact) mass is 275 g/mol. The number of nitrogens with zero attached hydrogens (tertiary/aromatic N) is 2. The molecule has 0 bridgehead atoms. The normalized spacial score (nSPS) is 21.9. The molecule has 2 aliphatic rings. The standard InChI is InChI=1S/C17H29N3/c1-17(2,3)20-15(18)14(12-8-4-5-9-12)19-16(20)13-10-6-7-11-13/h12-13H,4-11,18H2,1-3H3. The summed E-state index contributed by atoms with van der Waals surface area (Å²) >= 11 is 0. The van der Waals surface area contributed by atoms with E-state index in [-0.39, 0.29) is 5.54 Å². The van der Waals surface area contributed by atoms with Crippen LogP contribution < -0.4 is 5.73 Å². The van der Waals surface area contributed by atoms with Gasteiger partial charge in [0.15, 0.2) is 0 Å². The van der Waals surface area contributed by atoms with E-state index >= 15 is 0 Å². The minimum absolute atomic E-state index is 0.0336. The zero-order chi connectivity index (χ0) is 14.3. The van der Waals surface area contributed by atoms with E-state index in [1.165, 1.54) is 62.9 Å². The Bertz CT molecular complexity index is 469. The van der Waals surface area contributed by atoms with Crippen molar-refractivity contribution in [3.63, 3.8) is 0 Å². The Morgan fingerprint density at radius 2 is 1.45 bits per heavy atom. The Kier molecular flexibility index (Phi) is 3.55. The Labute approximate surface area is 123 Å². The zero-order valence-electron chi connectivity index (χ0n) is 13.3. The third-order valence-electron chi connectivity index (χ3n) is 5.10. The molecule has 0 amide bonds. The van der Waals surface area contributed by atoms with Crippen molar-refractivity contribution in [1.29, 1.82) is 0 Å². The van der Waals surface area contributed by atoms with Gasteiger partial charge in [0.1, 0.15) is 11.6 Å². The van der Waals surface area contributed by atoms with Crippen molar-refractivity contribution >= 4 is 5.82 Å². The van der Waals surface area contributed by atoms with Gasteiger partial charge in [-0.05, 0) is 46.5 Å². The molecule has 112 valence electrons. The summed E-state index contributed by atoms with van der Waals surface area (Å²) in [6.07, 6.45) is 10.5. The van der Waals surface area contributed by atoms with Gasteiger partial charge in [-0.3, -0.25) is 0 Å². The largest absolute Gasteiger partial charge is 0.384 e. The third-order valence-corrected chi connectivity index (χ3v) is 5.10. The molecule has 3 rings (SSSR count). The van der Waals surface area contributed by atoms with E-state index in [9.17, 15) is 0 Å². The molecule has 0 aromatic carbocycles. The Balaban J connectivity index is 2.04. The average Bonchev–Trinajstić information content (AvgIpc) is 3.07. The molecule has 2 aliphatic carbocycles. The molecule has 0 spiro atoms. The summed E-state index contributed by atoms with van der Waals surface area (Å²) in [6, 6.07) is 0. The van der Waals surface area contributed by atoms with Crippen molar-refractivity contribution in [3.8, 4) is 0 Å². The van der Waals surface area contributed by atoms with Crippen LogP contribution in [0, 0.1) is 0 Å². The Morgan fingerprint density at radius 3 is 1.95 bits per heavy atom. The molecular formula is C17H29N3. The lowest BCUT2D eigenvalue weighted by Gasteiger charge is -2.27. The molecule has 2 saturated carbocycles. The van der Waals surface area contributed by atoms with Gasteiger partial charge in [-0.1, -0.05) is 25.7 Å². The molecule has 0 atom stereocenters. The van der Waals surface area contributed by atoms with Gasteiger partial charge in [0.05, 0.1) is 5.69 Å². The van der Waals surface area contributed by atoms with E-state index in [1.54, 1.807) is 0 Å². The maximum atomic E-state index is 6.54. The number of hydrogen-bond acceptors (Lipinski definition) is 2. The second-order valence-corrected chi connectivity index (χ2v) is 7.71. The van der Waals surface area contributed by atoms with Crippen LogP contribution in [0.5, 0.6) is 0 Å². The van der Waals surface area contributed by atoms with Crippen LogP contribution in [0.2, 0.25) is 0 Å². The van der Waals surface area contributed by atoms with E-state index < -0.39 is 0 Å². The lowest BCUT2D eigenvalue weighted by atomic mass is 10.0. The van der Waals surface area contributed by atoms with Gasteiger partial charge in [-0.15, -0.1) is 0 Å². The summed E-state index contributed by atoms with van der Waals surface area (Å²) in [5.41, 5.74) is 7.78. The van der Waals surface area contributed by atoms with Crippen LogP contribution in [0.3, 0.4) is 0 Å². The fourth-order valence-electron chi connectivity index (χ4n) is 4.13. The van der Waals surface area contributed by atoms with E-state index in [2.05, 4.69) is 25.3 Å². The van der Waals surface area contributed by atoms with Gasteiger partial charge >= 0.3 is 0 Å². The fourth-order valence-corrected chi connectivity index (χ4v) is 4.13. The Hall–Kier alpha value is -0.990. The minimum Gasteiger partial charge on any atom is -0.384 e. The molecule has 1 aromatic heterocycles. The lowest BCUT2D eigenvalue weighted by Crippen LogP contribution is -2.26. The van der Waals surface area contributed by atoms with Crippen LogP contribution in [0.15, 0.2) is 0 Å². The highest BCUT2D eigenvalue weighted by Gasteiger charge is 2.32. The lowest BCUT2D eigenvalue weighted by molar-refractivity contribution is 0.377.